The molecule has 4 heteroatoms. The van der Waals surface area contributed by atoms with E-state index in [1.165, 1.54) is 32.1 Å². The summed E-state index contributed by atoms with van der Waals surface area (Å²) in [5, 5.41) is 3.01. The summed E-state index contributed by atoms with van der Waals surface area (Å²) >= 11 is 0. The molecule has 100 valence electrons. The number of nitrogens with one attached hydrogen (secondary N) is 1. The van der Waals surface area contributed by atoms with Crippen LogP contribution in [0.25, 0.3) is 0 Å². The fourth-order valence-electron chi connectivity index (χ4n) is 2.97. The molecule has 0 aromatic heterocycles. The second-order valence-electron chi connectivity index (χ2n) is 6.15. The molecule has 0 bridgehead atoms. The Kier molecular flexibility index (Phi) is 3.27. The average Bonchev–Trinajstić information content (AvgIpc) is 3.06. The van der Waals surface area contributed by atoms with E-state index >= 15 is 0 Å². The van der Waals surface area contributed by atoms with E-state index in [1.807, 2.05) is 4.90 Å². The number of nitrogens with zero attached hydrogens (tertiary/aromatic N) is 1. The Morgan fingerprint density at radius 3 is 2.61 bits per heavy atom. The van der Waals surface area contributed by atoms with Crippen molar-refractivity contribution in [2.24, 2.45) is 11.8 Å². The molecule has 1 heterocycles. The predicted molar refractivity (Wildman–Crippen MR) is 67.8 cm³/mol. The van der Waals surface area contributed by atoms with E-state index < -0.39 is 0 Å². The Morgan fingerprint density at radius 2 is 2.00 bits per heavy atom. The first-order chi connectivity index (χ1) is 8.72. The normalized spacial score (nSPS) is 28.3. The van der Waals surface area contributed by atoms with Crippen molar-refractivity contribution in [2.45, 2.75) is 51.0 Å². The minimum Gasteiger partial charge on any atom is -0.356 e. The number of hydrogen-bond donors (Lipinski definition) is 1. The first kappa shape index (κ1) is 12.0. The van der Waals surface area contributed by atoms with Gasteiger partial charge in [0.2, 0.25) is 11.8 Å². The lowest BCUT2D eigenvalue weighted by molar-refractivity contribution is -0.128. The van der Waals surface area contributed by atoms with Gasteiger partial charge in [0, 0.05) is 37.9 Å². The highest BCUT2D eigenvalue weighted by Crippen LogP contribution is 2.32. The van der Waals surface area contributed by atoms with Crippen LogP contribution in [-0.4, -0.2) is 35.8 Å². The zero-order chi connectivity index (χ0) is 12.5. The van der Waals surface area contributed by atoms with Crippen molar-refractivity contribution in [2.75, 3.05) is 13.1 Å². The quantitative estimate of drug-likeness (QED) is 0.799. The number of rotatable bonds is 5. The van der Waals surface area contributed by atoms with Crippen LogP contribution in [0.5, 0.6) is 0 Å². The zero-order valence-electron chi connectivity index (χ0n) is 10.9. The zero-order valence-corrected chi connectivity index (χ0v) is 10.9. The minimum absolute atomic E-state index is 0.178. The Bertz CT molecular complexity index is 348. The molecule has 0 radical (unpaired) electrons. The summed E-state index contributed by atoms with van der Waals surface area (Å²) in [6.45, 7) is 1.54. The smallest absolute Gasteiger partial charge is 0.223 e. The number of likely N-dealkylation sites (tertiary alicyclic amines) is 1. The maximum absolute atomic E-state index is 11.8. The summed E-state index contributed by atoms with van der Waals surface area (Å²) < 4.78 is 0. The van der Waals surface area contributed by atoms with Crippen LogP contribution in [0.2, 0.25) is 0 Å². The van der Waals surface area contributed by atoms with Crippen LogP contribution in [0.3, 0.4) is 0 Å². The van der Waals surface area contributed by atoms with Crippen LogP contribution >= 0.6 is 0 Å². The van der Waals surface area contributed by atoms with Gasteiger partial charge in [-0.05, 0) is 31.6 Å². The molecule has 0 aromatic rings. The predicted octanol–water partition coefficient (Wildman–Crippen LogP) is 1.30. The van der Waals surface area contributed by atoms with Gasteiger partial charge in [-0.15, -0.1) is 0 Å². The molecule has 3 fully saturated rings. The maximum atomic E-state index is 11.8. The van der Waals surface area contributed by atoms with Crippen LogP contribution in [0.1, 0.15) is 44.9 Å². The van der Waals surface area contributed by atoms with Crippen molar-refractivity contribution < 1.29 is 9.59 Å². The van der Waals surface area contributed by atoms with Gasteiger partial charge in [-0.3, -0.25) is 9.59 Å². The molecule has 3 rings (SSSR count). The summed E-state index contributed by atoms with van der Waals surface area (Å²) in [5.41, 5.74) is 0. The Labute approximate surface area is 108 Å². The molecule has 0 aromatic carbocycles. The second-order valence-corrected chi connectivity index (χ2v) is 6.15. The van der Waals surface area contributed by atoms with Crippen molar-refractivity contribution in [3.63, 3.8) is 0 Å². The molecule has 3 aliphatic rings. The molecule has 1 N–H and O–H groups in total. The Balaban J connectivity index is 1.38. The van der Waals surface area contributed by atoms with E-state index in [2.05, 4.69) is 5.32 Å². The van der Waals surface area contributed by atoms with Gasteiger partial charge in [-0.1, -0.05) is 6.42 Å². The van der Waals surface area contributed by atoms with Gasteiger partial charge in [-0.25, -0.2) is 0 Å². The Hall–Kier alpha value is -1.06. The molecule has 2 aliphatic carbocycles. The largest absolute Gasteiger partial charge is 0.356 e. The van der Waals surface area contributed by atoms with E-state index in [-0.39, 0.29) is 11.8 Å². The highest BCUT2D eigenvalue weighted by molar-refractivity contribution is 5.80. The topological polar surface area (TPSA) is 49.4 Å². The molecule has 1 unspecified atom stereocenters. The minimum atomic E-state index is 0.178. The van der Waals surface area contributed by atoms with Gasteiger partial charge in [0.25, 0.3) is 0 Å². The van der Waals surface area contributed by atoms with Crippen LogP contribution in [0.15, 0.2) is 0 Å². The van der Waals surface area contributed by atoms with Gasteiger partial charge < -0.3 is 10.2 Å². The summed E-state index contributed by atoms with van der Waals surface area (Å²) in [4.78, 5) is 25.5. The third-order valence-electron chi connectivity index (χ3n) is 4.51. The van der Waals surface area contributed by atoms with E-state index in [0.717, 1.165) is 6.54 Å². The highest BCUT2D eigenvalue weighted by atomic mass is 16.2. The summed E-state index contributed by atoms with van der Waals surface area (Å²) in [6.07, 6.45) is 7.37. The number of hydrogen-bond acceptors (Lipinski definition) is 2. The molecule has 2 saturated carbocycles. The van der Waals surface area contributed by atoms with Crippen LogP contribution in [-0.2, 0) is 9.59 Å². The lowest BCUT2D eigenvalue weighted by Crippen LogP contribution is -2.33. The molecule has 1 atom stereocenters. The van der Waals surface area contributed by atoms with Crippen LogP contribution in [0.4, 0.5) is 0 Å². The second kappa shape index (κ2) is 4.90. The van der Waals surface area contributed by atoms with Crippen molar-refractivity contribution in [3.05, 3.63) is 0 Å². The van der Waals surface area contributed by atoms with Crippen LogP contribution < -0.4 is 5.32 Å². The van der Waals surface area contributed by atoms with Crippen molar-refractivity contribution in [1.29, 1.82) is 0 Å². The van der Waals surface area contributed by atoms with Gasteiger partial charge in [0.1, 0.15) is 0 Å². The molecular formula is C14H22N2O2. The third kappa shape index (κ3) is 2.68. The van der Waals surface area contributed by atoms with Crippen molar-refractivity contribution in [1.82, 2.24) is 10.2 Å². The van der Waals surface area contributed by atoms with Gasteiger partial charge in [0.15, 0.2) is 0 Å². The van der Waals surface area contributed by atoms with E-state index in [1.54, 1.807) is 0 Å². The van der Waals surface area contributed by atoms with Gasteiger partial charge in [-0.2, -0.15) is 0 Å². The standard InChI is InChI=1S/C14H22N2O2/c17-13(6-10-2-1-3-10)15-8-11-7-14(18)16(9-11)12-4-5-12/h10-12H,1-9H2,(H,15,17). The first-order valence-corrected chi connectivity index (χ1v) is 7.28. The number of carbonyl (C=O) groups excluding carboxylic acids is 2. The average molecular weight is 250 g/mol. The van der Waals surface area contributed by atoms with Crippen molar-refractivity contribution in [3.8, 4) is 0 Å². The Morgan fingerprint density at radius 1 is 1.22 bits per heavy atom. The number of carbonyl (C=O) groups is 2. The SMILES string of the molecule is O=C(CC1CCC1)NCC1CC(=O)N(C2CC2)C1. The molecule has 2 amide bonds. The molecular weight excluding hydrogens is 228 g/mol. The first-order valence-electron chi connectivity index (χ1n) is 7.28. The summed E-state index contributed by atoms with van der Waals surface area (Å²) in [7, 11) is 0. The lowest BCUT2D eigenvalue weighted by atomic mass is 9.83. The summed E-state index contributed by atoms with van der Waals surface area (Å²) in [5.74, 6) is 1.43. The van der Waals surface area contributed by atoms with E-state index in [9.17, 15) is 9.59 Å². The fraction of sp³-hybridized carbons (Fsp3) is 0.857. The monoisotopic (exact) mass is 250 g/mol. The van der Waals surface area contributed by atoms with Gasteiger partial charge >= 0.3 is 0 Å². The molecule has 4 nitrogen and oxygen atoms in total. The molecule has 0 spiro atoms. The lowest BCUT2D eigenvalue weighted by Gasteiger charge is -2.24. The van der Waals surface area contributed by atoms with Crippen molar-refractivity contribution >= 4 is 11.8 Å². The van der Waals surface area contributed by atoms with Gasteiger partial charge in [0.05, 0.1) is 0 Å². The summed E-state index contributed by atoms with van der Waals surface area (Å²) in [6, 6.07) is 0.521. The molecule has 1 saturated heterocycles. The highest BCUT2D eigenvalue weighted by Gasteiger charge is 2.39. The van der Waals surface area contributed by atoms with E-state index in [4.69, 9.17) is 0 Å². The number of amides is 2. The van der Waals surface area contributed by atoms with Crippen LogP contribution in [0, 0.1) is 11.8 Å². The molecule has 18 heavy (non-hydrogen) atoms. The van der Waals surface area contributed by atoms with E-state index in [0.29, 0.717) is 37.3 Å². The third-order valence-corrected chi connectivity index (χ3v) is 4.51. The fourth-order valence-corrected chi connectivity index (χ4v) is 2.97. The molecule has 1 aliphatic heterocycles. The maximum Gasteiger partial charge on any atom is 0.223 e.